The number of benzene rings is 2. The first-order valence-corrected chi connectivity index (χ1v) is 15.3. The van der Waals surface area contributed by atoms with Crippen LogP contribution in [0.25, 0.3) is 0 Å². The van der Waals surface area contributed by atoms with Crippen molar-refractivity contribution in [3.63, 3.8) is 0 Å². The van der Waals surface area contributed by atoms with Gasteiger partial charge in [0, 0.05) is 6.54 Å². The number of thiazole rings is 1. The quantitative estimate of drug-likeness (QED) is 0.291. The molecule has 0 saturated carbocycles. The summed E-state index contributed by atoms with van der Waals surface area (Å²) in [5.41, 5.74) is 0.757. The van der Waals surface area contributed by atoms with Gasteiger partial charge in [0.25, 0.3) is 0 Å². The van der Waals surface area contributed by atoms with E-state index in [1.165, 1.54) is 21.8 Å². The topological polar surface area (TPSA) is 112 Å². The second kappa shape index (κ2) is 9.59. The van der Waals surface area contributed by atoms with Gasteiger partial charge in [0.2, 0.25) is 0 Å². The van der Waals surface area contributed by atoms with Crippen LogP contribution < -0.4 is 31.2 Å². The van der Waals surface area contributed by atoms with Crippen molar-refractivity contribution in [2.75, 3.05) is 9.15 Å². The molecule has 178 valence electrons. The van der Waals surface area contributed by atoms with E-state index in [9.17, 15) is 22.9 Å². The molecule has 2 heterocycles. The van der Waals surface area contributed by atoms with Crippen LogP contribution in [0.3, 0.4) is 0 Å². The van der Waals surface area contributed by atoms with Crippen molar-refractivity contribution in [2.45, 2.75) is 34.6 Å². The Labute approximate surface area is 211 Å². The SMILES string of the molecule is CC(C)(C#N)c1ccc(CNC(=O)c2ccc(S(=O)(=O)Nc3ncc(C4C[I-]4)s3)cc2F)cc1. The van der Waals surface area contributed by atoms with Crippen LogP contribution in [-0.2, 0) is 22.0 Å². The van der Waals surface area contributed by atoms with Gasteiger partial charge in [-0.25, -0.2) is 0 Å². The monoisotopic (exact) mass is 611 g/mol. The maximum absolute atomic E-state index is 14.6. The molecular weight excluding hydrogens is 590 g/mol. The molecule has 11 heteroatoms. The molecule has 1 atom stereocenters. The molecule has 1 amide bonds. The third-order valence-electron chi connectivity index (χ3n) is 5.27. The first-order valence-electron chi connectivity index (χ1n) is 10.2. The number of aromatic nitrogens is 1. The number of carbonyl (C=O) groups is 1. The van der Waals surface area contributed by atoms with Gasteiger partial charge >= 0.3 is 140 Å². The molecule has 1 unspecified atom stereocenters. The van der Waals surface area contributed by atoms with Gasteiger partial charge in [-0.3, -0.25) is 0 Å². The van der Waals surface area contributed by atoms with Gasteiger partial charge in [0.05, 0.1) is 11.5 Å². The molecule has 1 aliphatic heterocycles. The number of rotatable bonds is 8. The summed E-state index contributed by atoms with van der Waals surface area (Å²) in [5, 5.41) is 12.1. The largest absolute Gasteiger partial charge is 0.0571 e. The molecule has 1 aromatic heterocycles. The Hall–Kier alpha value is -2.56. The molecule has 1 fully saturated rings. The maximum Gasteiger partial charge on any atom is -0.0569 e. The first kappa shape index (κ1) is 24.6. The van der Waals surface area contributed by atoms with Gasteiger partial charge in [-0.2, -0.15) is 5.26 Å². The summed E-state index contributed by atoms with van der Waals surface area (Å²) in [6, 6.07) is 12.6. The molecule has 7 nitrogen and oxygen atoms in total. The van der Waals surface area contributed by atoms with Crippen molar-refractivity contribution in [3.05, 3.63) is 76.0 Å². The van der Waals surface area contributed by atoms with Crippen LogP contribution in [0.1, 0.15) is 44.1 Å². The third kappa shape index (κ3) is 5.56. The third-order valence-corrected chi connectivity index (χ3v) is 10.6. The van der Waals surface area contributed by atoms with E-state index in [4.69, 9.17) is 0 Å². The number of carbonyl (C=O) groups excluding carboxylic acids is 1. The van der Waals surface area contributed by atoms with E-state index in [1.54, 1.807) is 18.3 Å². The second-order valence-electron chi connectivity index (χ2n) is 8.21. The maximum atomic E-state index is 14.6. The number of hydrogen-bond donors (Lipinski definition) is 2. The fourth-order valence-corrected chi connectivity index (χ4v) is 7.55. The summed E-state index contributed by atoms with van der Waals surface area (Å²) < 4.78 is 44.0. The van der Waals surface area contributed by atoms with Crippen molar-refractivity contribution in [3.8, 4) is 6.07 Å². The Kier molecular flexibility index (Phi) is 6.93. The van der Waals surface area contributed by atoms with Gasteiger partial charge in [0.15, 0.2) is 0 Å². The van der Waals surface area contributed by atoms with E-state index in [-0.39, 0.29) is 43.3 Å². The van der Waals surface area contributed by atoms with Crippen LogP contribution in [0.15, 0.2) is 53.6 Å². The van der Waals surface area contributed by atoms with Crippen LogP contribution in [0.2, 0.25) is 0 Å². The number of nitriles is 1. The number of sulfonamides is 1. The van der Waals surface area contributed by atoms with Gasteiger partial charge in [-0.1, -0.05) is 24.3 Å². The molecular formula is C23H21FIN4O3S2-. The summed E-state index contributed by atoms with van der Waals surface area (Å²) in [6.07, 6.45) is 1.69. The first-order chi connectivity index (χ1) is 16.1. The van der Waals surface area contributed by atoms with Gasteiger partial charge in [0.1, 0.15) is 0 Å². The molecule has 2 aromatic carbocycles. The van der Waals surface area contributed by atoms with Crippen molar-refractivity contribution in [2.24, 2.45) is 0 Å². The molecule has 0 aliphatic carbocycles. The number of nitrogens with zero attached hydrogens (tertiary/aromatic N) is 2. The van der Waals surface area contributed by atoms with Gasteiger partial charge in [-0.05, 0) is 25.0 Å². The number of halogens is 2. The zero-order valence-corrected chi connectivity index (χ0v) is 22.1. The summed E-state index contributed by atoms with van der Waals surface area (Å²) >= 11 is 1.48. The van der Waals surface area contributed by atoms with Crippen molar-refractivity contribution in [1.29, 1.82) is 5.26 Å². The minimum atomic E-state index is -4.03. The Balaban J connectivity index is 1.40. The van der Waals surface area contributed by atoms with E-state index in [0.29, 0.717) is 3.92 Å². The Morgan fingerprint density at radius 1 is 1.29 bits per heavy atom. The summed E-state index contributed by atoms with van der Waals surface area (Å²) in [5.74, 6) is -1.60. The number of alkyl halides is 2. The number of nitrogens with one attached hydrogen (secondary N) is 2. The molecule has 3 aromatic rings. The van der Waals surface area contributed by atoms with Crippen molar-refractivity contribution >= 4 is 32.4 Å². The predicted molar refractivity (Wildman–Crippen MR) is 123 cm³/mol. The second-order valence-corrected chi connectivity index (χ2v) is 14.2. The normalized spacial score (nSPS) is 15.6. The number of anilines is 1. The molecule has 1 saturated heterocycles. The minimum Gasteiger partial charge on any atom is -0.0571 e. The van der Waals surface area contributed by atoms with Crippen LogP contribution in [0, 0.1) is 17.1 Å². The van der Waals surface area contributed by atoms with Crippen LogP contribution in [-0.4, -0.2) is 23.7 Å². The molecule has 4 rings (SSSR count). The van der Waals surface area contributed by atoms with E-state index in [0.717, 1.165) is 28.1 Å². The summed E-state index contributed by atoms with van der Waals surface area (Å²) in [4.78, 5) is 17.4. The van der Waals surface area contributed by atoms with Crippen LogP contribution in [0.5, 0.6) is 0 Å². The van der Waals surface area contributed by atoms with Crippen molar-refractivity contribution < 1.29 is 38.8 Å². The van der Waals surface area contributed by atoms with E-state index >= 15 is 0 Å². The van der Waals surface area contributed by atoms with Crippen LogP contribution in [0.4, 0.5) is 9.52 Å². The fourth-order valence-electron chi connectivity index (χ4n) is 3.08. The Bertz CT molecular complexity index is 1380. The summed E-state index contributed by atoms with van der Waals surface area (Å²) in [7, 11) is -4.03. The van der Waals surface area contributed by atoms with Gasteiger partial charge in [-0.15, -0.1) is 0 Å². The van der Waals surface area contributed by atoms with Gasteiger partial charge < -0.3 is 0 Å². The zero-order valence-electron chi connectivity index (χ0n) is 18.3. The van der Waals surface area contributed by atoms with E-state index in [2.05, 4.69) is 21.1 Å². The Morgan fingerprint density at radius 2 is 2.00 bits per heavy atom. The molecule has 34 heavy (non-hydrogen) atoms. The molecule has 1 aliphatic rings. The molecule has 0 bridgehead atoms. The minimum absolute atomic E-state index is 0.156. The number of amides is 1. The van der Waals surface area contributed by atoms with Crippen molar-refractivity contribution in [1.82, 2.24) is 10.3 Å². The Morgan fingerprint density at radius 3 is 2.62 bits per heavy atom. The zero-order chi connectivity index (χ0) is 24.5. The average Bonchev–Trinajstić information content (AvgIpc) is 3.56. The van der Waals surface area contributed by atoms with Crippen LogP contribution >= 0.6 is 11.3 Å². The van der Waals surface area contributed by atoms with E-state index < -0.39 is 27.2 Å². The fraction of sp³-hybridized carbons (Fsp3) is 0.261. The smallest absolute Gasteiger partial charge is 0.0569 e. The predicted octanol–water partition coefficient (Wildman–Crippen LogP) is 0.958. The average molecular weight is 611 g/mol. The molecule has 2 N–H and O–H groups in total. The molecule has 0 radical (unpaired) electrons. The van der Waals surface area contributed by atoms with E-state index in [1.807, 2.05) is 26.0 Å². The number of hydrogen-bond acceptors (Lipinski definition) is 6. The standard InChI is InChI=1S/C23H21FIN4O3S2/c1-23(2,13-26)15-5-3-14(4-6-15)11-27-21(30)17-8-7-16(9-18(17)24)34(31,32)29-22-28-12-20(33-22)19-10-25-19/h3-9,12,19H,10-11H2,1-2H3,(H,27,30)(H,28,29)/q-1. The molecule has 0 spiro atoms. The summed E-state index contributed by atoms with van der Waals surface area (Å²) in [6.45, 7) is 3.79.